The van der Waals surface area contributed by atoms with Gasteiger partial charge in [-0.25, -0.2) is 0 Å². The molecule has 112 valence electrons. The van der Waals surface area contributed by atoms with Gasteiger partial charge in [-0.15, -0.1) is 0 Å². The van der Waals surface area contributed by atoms with Gasteiger partial charge in [-0.1, -0.05) is 22.0 Å². The Balaban J connectivity index is 1.83. The van der Waals surface area contributed by atoms with Gasteiger partial charge in [-0.3, -0.25) is 9.59 Å². The Kier molecular flexibility index (Phi) is 3.89. The van der Waals surface area contributed by atoms with Crippen LogP contribution in [0.15, 0.2) is 22.7 Å². The zero-order valence-corrected chi connectivity index (χ0v) is 13.3. The average Bonchev–Trinajstić information content (AvgIpc) is 2.48. The van der Waals surface area contributed by atoms with Crippen LogP contribution in [0.2, 0.25) is 0 Å². The van der Waals surface area contributed by atoms with E-state index in [4.69, 9.17) is 5.73 Å². The van der Waals surface area contributed by atoms with Crippen LogP contribution in [0.25, 0.3) is 0 Å². The summed E-state index contributed by atoms with van der Waals surface area (Å²) in [6.07, 6.45) is 2.77. The topological polar surface area (TPSA) is 66.6 Å². The molecule has 0 saturated carbocycles. The summed E-state index contributed by atoms with van der Waals surface area (Å²) < 4.78 is 0.869. The second-order valence-corrected chi connectivity index (χ2v) is 6.45. The number of piperidine rings is 1. The van der Waals surface area contributed by atoms with Crippen LogP contribution in [0.4, 0.5) is 5.69 Å². The fraction of sp³-hybridized carbons (Fsp3) is 0.467. The summed E-state index contributed by atoms with van der Waals surface area (Å²) in [6.45, 7) is 1.23. The fourth-order valence-electron chi connectivity index (χ4n) is 3.10. The van der Waals surface area contributed by atoms with E-state index in [1.807, 2.05) is 18.2 Å². The molecule has 3 rings (SSSR count). The van der Waals surface area contributed by atoms with Gasteiger partial charge in [0.1, 0.15) is 12.6 Å². The molecule has 2 N–H and O–H groups in total. The minimum Gasteiger partial charge on any atom is -0.398 e. The van der Waals surface area contributed by atoms with Crippen molar-refractivity contribution in [3.63, 3.8) is 0 Å². The number of carbonyl (C=O) groups is 2. The number of nitrogens with zero attached hydrogens (tertiary/aromatic N) is 2. The largest absolute Gasteiger partial charge is 0.398 e. The smallest absolute Gasteiger partial charge is 0.246 e. The van der Waals surface area contributed by atoms with Crippen molar-refractivity contribution in [3.8, 4) is 0 Å². The van der Waals surface area contributed by atoms with Crippen LogP contribution in [0.1, 0.15) is 24.8 Å². The van der Waals surface area contributed by atoms with Gasteiger partial charge in [0.2, 0.25) is 11.8 Å². The molecule has 1 aromatic rings. The first-order valence-electron chi connectivity index (χ1n) is 7.19. The highest BCUT2D eigenvalue weighted by Gasteiger charge is 2.40. The standard InChI is InChI=1S/C15H18BrN3O2/c16-11-4-3-5-12(17)10(11)8-18-9-14(20)19-7-2-1-6-13(19)15(18)21/h3-5,13H,1-2,6-9,17H2. The molecule has 0 spiro atoms. The van der Waals surface area contributed by atoms with Crippen LogP contribution in [0, 0.1) is 0 Å². The van der Waals surface area contributed by atoms with Crippen LogP contribution >= 0.6 is 15.9 Å². The Bertz CT molecular complexity index is 570. The summed E-state index contributed by atoms with van der Waals surface area (Å²) in [7, 11) is 0. The van der Waals surface area contributed by atoms with Crippen molar-refractivity contribution >= 4 is 33.4 Å². The van der Waals surface area contributed by atoms with E-state index in [0.29, 0.717) is 18.8 Å². The Labute approximate surface area is 132 Å². The highest BCUT2D eigenvalue weighted by molar-refractivity contribution is 9.10. The predicted octanol–water partition coefficient (Wildman–Crippen LogP) is 1.75. The molecule has 2 saturated heterocycles. The van der Waals surface area contributed by atoms with Gasteiger partial charge in [0.05, 0.1) is 0 Å². The van der Waals surface area contributed by atoms with Crippen molar-refractivity contribution in [2.75, 3.05) is 18.8 Å². The maximum atomic E-state index is 12.6. The molecule has 2 aliphatic heterocycles. The number of fused-ring (bicyclic) bond motifs is 1. The van der Waals surface area contributed by atoms with Crippen LogP contribution in [-0.2, 0) is 16.1 Å². The summed E-state index contributed by atoms with van der Waals surface area (Å²) in [4.78, 5) is 28.2. The van der Waals surface area contributed by atoms with Gasteiger partial charge >= 0.3 is 0 Å². The Morgan fingerprint density at radius 2 is 2.10 bits per heavy atom. The maximum absolute atomic E-state index is 12.6. The van der Waals surface area contributed by atoms with Gasteiger partial charge in [-0.2, -0.15) is 0 Å². The molecule has 0 radical (unpaired) electrons. The number of hydrogen-bond acceptors (Lipinski definition) is 3. The summed E-state index contributed by atoms with van der Waals surface area (Å²) in [6, 6.07) is 5.29. The lowest BCUT2D eigenvalue weighted by Crippen LogP contribution is -2.60. The Morgan fingerprint density at radius 3 is 2.86 bits per heavy atom. The molecule has 2 aliphatic rings. The highest BCUT2D eigenvalue weighted by atomic mass is 79.9. The molecule has 5 nitrogen and oxygen atoms in total. The van der Waals surface area contributed by atoms with Crippen molar-refractivity contribution in [1.29, 1.82) is 0 Å². The number of amides is 2. The van der Waals surface area contributed by atoms with Crippen molar-refractivity contribution < 1.29 is 9.59 Å². The van der Waals surface area contributed by atoms with E-state index < -0.39 is 0 Å². The molecule has 1 aromatic carbocycles. The van der Waals surface area contributed by atoms with Gasteiger partial charge in [0.15, 0.2) is 0 Å². The molecular weight excluding hydrogens is 334 g/mol. The zero-order chi connectivity index (χ0) is 15.0. The van der Waals surface area contributed by atoms with E-state index in [2.05, 4.69) is 15.9 Å². The van der Waals surface area contributed by atoms with E-state index in [-0.39, 0.29) is 24.4 Å². The van der Waals surface area contributed by atoms with Crippen LogP contribution in [0.5, 0.6) is 0 Å². The molecule has 0 bridgehead atoms. The second kappa shape index (κ2) is 5.67. The molecule has 2 heterocycles. The quantitative estimate of drug-likeness (QED) is 0.825. The van der Waals surface area contributed by atoms with E-state index in [1.54, 1.807) is 9.80 Å². The lowest BCUT2D eigenvalue weighted by Gasteiger charge is -2.42. The monoisotopic (exact) mass is 351 g/mol. The lowest BCUT2D eigenvalue weighted by molar-refractivity contribution is -0.158. The Hall–Kier alpha value is -1.56. The normalized spacial score (nSPS) is 22.4. The average molecular weight is 352 g/mol. The van der Waals surface area contributed by atoms with Crippen LogP contribution in [0.3, 0.4) is 0 Å². The van der Waals surface area contributed by atoms with E-state index in [9.17, 15) is 9.59 Å². The molecule has 21 heavy (non-hydrogen) atoms. The number of halogens is 1. The fourth-order valence-corrected chi connectivity index (χ4v) is 3.60. The third kappa shape index (κ3) is 2.64. The van der Waals surface area contributed by atoms with Crippen LogP contribution < -0.4 is 5.73 Å². The molecular formula is C15H18BrN3O2. The first-order chi connectivity index (χ1) is 10.1. The summed E-state index contributed by atoms with van der Waals surface area (Å²) >= 11 is 3.46. The zero-order valence-electron chi connectivity index (χ0n) is 11.7. The molecule has 6 heteroatoms. The number of nitrogens with two attached hydrogens (primary N) is 1. The van der Waals surface area contributed by atoms with Gasteiger partial charge in [0.25, 0.3) is 0 Å². The first kappa shape index (κ1) is 14.4. The molecule has 0 aliphatic carbocycles. The number of rotatable bonds is 2. The SMILES string of the molecule is Nc1cccc(Br)c1CN1CC(=O)N2CCCCC2C1=O. The molecule has 2 amide bonds. The molecule has 2 fully saturated rings. The van der Waals surface area contributed by atoms with Crippen molar-refractivity contribution in [2.45, 2.75) is 31.8 Å². The molecule has 0 aromatic heterocycles. The second-order valence-electron chi connectivity index (χ2n) is 5.60. The van der Waals surface area contributed by atoms with Gasteiger partial charge in [-0.05, 0) is 31.4 Å². The van der Waals surface area contributed by atoms with Crippen molar-refractivity contribution in [1.82, 2.24) is 9.80 Å². The summed E-state index contributed by atoms with van der Waals surface area (Å²) in [5.41, 5.74) is 7.49. The number of piperazine rings is 1. The van der Waals surface area contributed by atoms with Crippen LogP contribution in [-0.4, -0.2) is 40.7 Å². The van der Waals surface area contributed by atoms with E-state index in [0.717, 1.165) is 29.3 Å². The predicted molar refractivity (Wildman–Crippen MR) is 83.3 cm³/mol. The Morgan fingerprint density at radius 1 is 1.29 bits per heavy atom. The molecule has 1 unspecified atom stereocenters. The van der Waals surface area contributed by atoms with E-state index in [1.165, 1.54) is 0 Å². The van der Waals surface area contributed by atoms with Crippen molar-refractivity contribution in [3.05, 3.63) is 28.2 Å². The minimum atomic E-state index is -0.274. The number of nitrogen functional groups attached to an aromatic ring is 1. The number of hydrogen-bond donors (Lipinski definition) is 1. The van der Waals surface area contributed by atoms with E-state index >= 15 is 0 Å². The lowest BCUT2D eigenvalue weighted by atomic mass is 9.98. The highest BCUT2D eigenvalue weighted by Crippen LogP contribution is 2.28. The number of benzene rings is 1. The molecule has 1 atom stereocenters. The number of anilines is 1. The van der Waals surface area contributed by atoms with Gasteiger partial charge in [0, 0.05) is 28.8 Å². The minimum absolute atomic E-state index is 0.0458. The summed E-state index contributed by atoms with van der Waals surface area (Å²) in [5.74, 6) is 0.0920. The maximum Gasteiger partial charge on any atom is 0.246 e. The van der Waals surface area contributed by atoms with Crippen molar-refractivity contribution in [2.24, 2.45) is 0 Å². The third-order valence-electron chi connectivity index (χ3n) is 4.25. The third-order valence-corrected chi connectivity index (χ3v) is 4.99. The van der Waals surface area contributed by atoms with Gasteiger partial charge < -0.3 is 15.5 Å². The number of carbonyl (C=O) groups excluding carboxylic acids is 2. The first-order valence-corrected chi connectivity index (χ1v) is 7.98. The summed E-state index contributed by atoms with van der Waals surface area (Å²) in [5, 5.41) is 0.